The fraction of sp³-hybridized carbons (Fsp3) is 0.400. The molecule has 0 radical (unpaired) electrons. The SMILES string of the molecule is CCCCC(C#N)(Cn1cncn1)c1ccccc1F. The van der Waals surface area contributed by atoms with Gasteiger partial charge in [0.05, 0.1) is 12.6 Å². The van der Waals surface area contributed by atoms with Crippen molar-refractivity contribution in [2.45, 2.75) is 38.1 Å². The third-order valence-electron chi connectivity index (χ3n) is 3.46. The summed E-state index contributed by atoms with van der Waals surface area (Å²) in [6, 6.07) is 8.80. The van der Waals surface area contributed by atoms with Crippen LogP contribution in [0.3, 0.4) is 0 Å². The number of aromatic nitrogens is 3. The number of unbranched alkanes of at least 4 members (excludes halogenated alkanes) is 1. The van der Waals surface area contributed by atoms with Gasteiger partial charge in [-0.15, -0.1) is 0 Å². The molecule has 0 amide bonds. The quantitative estimate of drug-likeness (QED) is 0.812. The third kappa shape index (κ3) is 2.85. The van der Waals surface area contributed by atoms with Crippen LogP contribution in [0.1, 0.15) is 31.7 Å². The summed E-state index contributed by atoms with van der Waals surface area (Å²) < 4.78 is 15.7. The first-order valence-corrected chi connectivity index (χ1v) is 6.70. The highest BCUT2D eigenvalue weighted by Crippen LogP contribution is 2.33. The van der Waals surface area contributed by atoms with Crippen LogP contribution in [0.5, 0.6) is 0 Å². The van der Waals surface area contributed by atoms with Crippen LogP contribution >= 0.6 is 0 Å². The van der Waals surface area contributed by atoms with Crippen LogP contribution in [0, 0.1) is 17.1 Å². The molecule has 1 heterocycles. The van der Waals surface area contributed by atoms with Crippen LogP contribution in [0.2, 0.25) is 0 Å². The minimum Gasteiger partial charge on any atom is -0.251 e. The number of nitrogens with zero attached hydrogens (tertiary/aromatic N) is 4. The van der Waals surface area contributed by atoms with Crippen LogP contribution in [-0.4, -0.2) is 14.8 Å². The van der Waals surface area contributed by atoms with E-state index in [0.29, 0.717) is 18.5 Å². The first-order chi connectivity index (χ1) is 9.72. The van der Waals surface area contributed by atoms with Crippen LogP contribution in [0.25, 0.3) is 0 Å². The Balaban J connectivity index is 2.42. The first-order valence-electron chi connectivity index (χ1n) is 6.70. The van der Waals surface area contributed by atoms with Gasteiger partial charge in [-0.3, -0.25) is 4.68 Å². The summed E-state index contributed by atoms with van der Waals surface area (Å²) in [5.41, 5.74) is -0.471. The van der Waals surface area contributed by atoms with E-state index in [1.54, 1.807) is 29.2 Å². The van der Waals surface area contributed by atoms with Crippen LogP contribution in [-0.2, 0) is 12.0 Å². The van der Waals surface area contributed by atoms with Crippen LogP contribution in [0.4, 0.5) is 4.39 Å². The largest absolute Gasteiger partial charge is 0.251 e. The Labute approximate surface area is 117 Å². The van der Waals surface area contributed by atoms with Gasteiger partial charge < -0.3 is 0 Å². The maximum Gasteiger partial charge on any atom is 0.137 e. The summed E-state index contributed by atoms with van der Waals surface area (Å²) in [6.45, 7) is 2.36. The highest BCUT2D eigenvalue weighted by atomic mass is 19.1. The molecule has 1 aromatic carbocycles. The molecule has 20 heavy (non-hydrogen) atoms. The summed E-state index contributed by atoms with van der Waals surface area (Å²) >= 11 is 0. The molecule has 0 saturated heterocycles. The predicted molar refractivity (Wildman–Crippen MR) is 73.2 cm³/mol. The fourth-order valence-electron chi connectivity index (χ4n) is 2.37. The zero-order valence-electron chi connectivity index (χ0n) is 11.5. The second-order valence-electron chi connectivity index (χ2n) is 4.87. The van der Waals surface area contributed by atoms with E-state index in [9.17, 15) is 9.65 Å². The molecule has 4 nitrogen and oxygen atoms in total. The van der Waals surface area contributed by atoms with Crippen molar-refractivity contribution in [3.05, 3.63) is 48.3 Å². The average Bonchev–Trinajstić information content (AvgIpc) is 2.97. The summed E-state index contributed by atoms with van der Waals surface area (Å²) in [6.07, 6.45) is 5.38. The molecule has 0 spiro atoms. The van der Waals surface area contributed by atoms with Gasteiger partial charge in [-0.05, 0) is 12.5 Å². The molecule has 5 heteroatoms. The number of hydrogen-bond acceptors (Lipinski definition) is 3. The second kappa shape index (κ2) is 6.29. The van der Waals surface area contributed by atoms with Gasteiger partial charge in [-0.2, -0.15) is 10.4 Å². The Morgan fingerprint density at radius 1 is 1.40 bits per heavy atom. The van der Waals surface area contributed by atoms with Crippen LogP contribution < -0.4 is 0 Å². The standard InChI is InChI=1S/C15H17FN4/c1-2-3-8-15(9-17,10-20-12-18-11-19-20)13-6-4-5-7-14(13)16/h4-7,11-12H,2-3,8,10H2,1H3. The Morgan fingerprint density at radius 2 is 2.20 bits per heavy atom. The van der Waals surface area contributed by atoms with E-state index in [-0.39, 0.29) is 5.82 Å². The zero-order valence-corrected chi connectivity index (χ0v) is 11.5. The van der Waals surface area contributed by atoms with Gasteiger partial charge in [-0.25, -0.2) is 9.37 Å². The van der Waals surface area contributed by atoms with Crippen molar-refractivity contribution in [1.82, 2.24) is 14.8 Å². The topological polar surface area (TPSA) is 54.5 Å². The van der Waals surface area contributed by atoms with Crippen molar-refractivity contribution in [3.63, 3.8) is 0 Å². The lowest BCUT2D eigenvalue weighted by molar-refractivity contribution is 0.376. The maximum absolute atomic E-state index is 14.1. The van der Waals surface area contributed by atoms with Crippen molar-refractivity contribution < 1.29 is 4.39 Å². The molecule has 0 saturated carbocycles. The minimum absolute atomic E-state index is 0.310. The van der Waals surface area contributed by atoms with E-state index in [1.807, 2.05) is 0 Å². The molecule has 0 N–H and O–H groups in total. The van der Waals surface area contributed by atoms with Crippen LogP contribution in [0.15, 0.2) is 36.9 Å². The highest BCUT2D eigenvalue weighted by molar-refractivity contribution is 5.33. The van der Waals surface area contributed by atoms with E-state index in [0.717, 1.165) is 12.8 Å². The fourth-order valence-corrected chi connectivity index (χ4v) is 2.37. The Kier molecular flexibility index (Phi) is 4.46. The molecule has 1 atom stereocenters. The second-order valence-corrected chi connectivity index (χ2v) is 4.87. The Hall–Kier alpha value is -2.22. The molecule has 0 aliphatic carbocycles. The summed E-state index contributed by atoms with van der Waals surface area (Å²) in [4.78, 5) is 3.89. The molecule has 1 unspecified atom stereocenters. The van der Waals surface area contributed by atoms with Crippen molar-refractivity contribution in [3.8, 4) is 6.07 Å². The van der Waals surface area contributed by atoms with E-state index < -0.39 is 5.41 Å². The van der Waals surface area contributed by atoms with Crippen molar-refractivity contribution in [2.75, 3.05) is 0 Å². The molecule has 104 valence electrons. The summed E-state index contributed by atoms with van der Waals surface area (Å²) in [5.74, 6) is -0.342. The van der Waals surface area contributed by atoms with Gasteiger partial charge in [0.1, 0.15) is 23.9 Å². The summed E-state index contributed by atoms with van der Waals surface area (Å²) in [7, 11) is 0. The maximum atomic E-state index is 14.1. The zero-order chi connectivity index (χ0) is 14.4. The number of halogens is 1. The van der Waals surface area contributed by atoms with Crippen molar-refractivity contribution in [1.29, 1.82) is 5.26 Å². The first kappa shape index (κ1) is 14.2. The predicted octanol–water partition coefficient (Wildman–Crippen LogP) is 3.07. The lowest BCUT2D eigenvalue weighted by atomic mass is 9.77. The Morgan fingerprint density at radius 3 is 2.80 bits per heavy atom. The highest BCUT2D eigenvalue weighted by Gasteiger charge is 2.35. The van der Waals surface area contributed by atoms with Gasteiger partial charge in [0.2, 0.25) is 0 Å². The van der Waals surface area contributed by atoms with E-state index >= 15 is 0 Å². The van der Waals surface area contributed by atoms with Gasteiger partial charge in [-0.1, -0.05) is 38.0 Å². The molecular formula is C15H17FN4. The lowest BCUT2D eigenvalue weighted by Crippen LogP contribution is -2.31. The van der Waals surface area contributed by atoms with E-state index in [4.69, 9.17) is 0 Å². The van der Waals surface area contributed by atoms with Crippen molar-refractivity contribution in [2.24, 2.45) is 0 Å². The molecule has 2 rings (SSSR count). The number of benzene rings is 1. The monoisotopic (exact) mass is 272 g/mol. The number of rotatable bonds is 6. The molecule has 2 aromatic rings. The minimum atomic E-state index is -0.908. The average molecular weight is 272 g/mol. The van der Waals surface area contributed by atoms with Gasteiger partial charge in [0, 0.05) is 5.56 Å². The van der Waals surface area contributed by atoms with E-state index in [1.165, 1.54) is 12.4 Å². The number of nitriles is 1. The number of hydrogen-bond donors (Lipinski definition) is 0. The van der Waals surface area contributed by atoms with Gasteiger partial charge in [0.25, 0.3) is 0 Å². The summed E-state index contributed by atoms with van der Waals surface area (Å²) in [5, 5.41) is 13.7. The molecule has 0 aliphatic rings. The van der Waals surface area contributed by atoms with Crippen molar-refractivity contribution >= 4 is 0 Å². The Bertz CT molecular complexity index is 588. The smallest absolute Gasteiger partial charge is 0.137 e. The van der Waals surface area contributed by atoms with Gasteiger partial charge >= 0.3 is 0 Å². The van der Waals surface area contributed by atoms with E-state index in [2.05, 4.69) is 23.1 Å². The normalized spacial score (nSPS) is 13.7. The van der Waals surface area contributed by atoms with Gasteiger partial charge in [0.15, 0.2) is 0 Å². The molecule has 0 bridgehead atoms. The molecular weight excluding hydrogens is 255 g/mol. The molecule has 0 fully saturated rings. The third-order valence-corrected chi connectivity index (χ3v) is 3.46. The molecule has 1 aromatic heterocycles. The lowest BCUT2D eigenvalue weighted by Gasteiger charge is -2.27. The molecule has 0 aliphatic heterocycles.